The van der Waals surface area contributed by atoms with Gasteiger partial charge in [0.25, 0.3) is 0 Å². The number of amides is 2. The molecule has 5 rings (SSSR count). The van der Waals surface area contributed by atoms with Crippen molar-refractivity contribution in [3.8, 4) is 16.9 Å². The van der Waals surface area contributed by atoms with Crippen molar-refractivity contribution >= 4 is 29.9 Å². The summed E-state index contributed by atoms with van der Waals surface area (Å²) >= 11 is 0. The highest BCUT2D eigenvalue weighted by molar-refractivity contribution is 5.81. The summed E-state index contributed by atoms with van der Waals surface area (Å²) in [7, 11) is 0. The lowest BCUT2D eigenvalue weighted by Gasteiger charge is -2.34. The summed E-state index contributed by atoms with van der Waals surface area (Å²) in [6.45, 7) is 10.2. The number of halogens is 3. The number of alkyl halides is 3. The standard InChI is InChI=1S/C56H73F3N4O5/c1-40(2)39-68-55(66)51-24-11-14-34-63(51)38-47-36-49(56(57,58)59)46(31-30-44-21-17-22-48(42(44)4)45-19-8-7-9-20-45)37-52(47)67-35-15-6-5-12-33-62-54(65)50(60)23-10-13-32-61-53(64)25-16-18-43-28-26-41(3)27-29-43/h7-9,17,19-22,26-31,36-37,40,50-51H,5-6,10-16,18,23-25,32-35,38-39,60H2,1-4H3,(H,61,64)(H,62,65)/b31-30+/t50-,51-/m0/s1. The molecule has 368 valence electrons. The first-order chi connectivity index (χ1) is 32.7. The monoisotopic (exact) mass is 939 g/mol. The molecule has 0 aliphatic carbocycles. The van der Waals surface area contributed by atoms with E-state index in [-0.39, 0.29) is 49.0 Å². The van der Waals surface area contributed by atoms with Crippen molar-refractivity contribution in [3.63, 3.8) is 0 Å². The van der Waals surface area contributed by atoms with Crippen LogP contribution in [0.1, 0.15) is 130 Å². The smallest absolute Gasteiger partial charge is 0.417 e. The first kappa shape index (κ1) is 53.5. The number of benzene rings is 4. The molecule has 2 atom stereocenters. The molecule has 1 heterocycles. The van der Waals surface area contributed by atoms with E-state index >= 15 is 0 Å². The molecule has 9 nitrogen and oxygen atoms in total. The van der Waals surface area contributed by atoms with Crippen LogP contribution in [-0.4, -0.2) is 67.6 Å². The molecule has 0 saturated carbocycles. The molecule has 0 aromatic heterocycles. The van der Waals surface area contributed by atoms with Gasteiger partial charge in [-0.15, -0.1) is 0 Å². The minimum absolute atomic E-state index is 0.00628. The Kier molecular flexibility index (Phi) is 21.6. The van der Waals surface area contributed by atoms with Gasteiger partial charge in [-0.2, -0.15) is 13.2 Å². The zero-order valence-electron chi connectivity index (χ0n) is 40.6. The van der Waals surface area contributed by atoms with Gasteiger partial charge < -0.3 is 25.8 Å². The molecule has 2 amide bonds. The van der Waals surface area contributed by atoms with E-state index in [2.05, 4.69) is 41.8 Å². The van der Waals surface area contributed by atoms with Gasteiger partial charge in [0.1, 0.15) is 11.8 Å². The van der Waals surface area contributed by atoms with E-state index in [4.69, 9.17) is 15.2 Å². The average Bonchev–Trinajstić information content (AvgIpc) is 3.32. The van der Waals surface area contributed by atoms with Crippen LogP contribution in [0, 0.1) is 19.8 Å². The number of hydrogen-bond donors (Lipinski definition) is 3. The fraction of sp³-hybridized carbons (Fsp3) is 0.482. The maximum absolute atomic E-state index is 14.9. The van der Waals surface area contributed by atoms with Gasteiger partial charge in [0.15, 0.2) is 0 Å². The third-order valence-electron chi connectivity index (χ3n) is 12.5. The minimum Gasteiger partial charge on any atom is -0.493 e. The molecule has 1 aliphatic heterocycles. The Morgan fingerprint density at radius 1 is 0.824 bits per heavy atom. The van der Waals surface area contributed by atoms with Crippen molar-refractivity contribution in [2.45, 2.75) is 136 Å². The van der Waals surface area contributed by atoms with Crippen LogP contribution in [-0.2, 0) is 38.3 Å². The molecule has 0 bridgehead atoms. The number of piperidine rings is 1. The van der Waals surface area contributed by atoms with Gasteiger partial charge in [0.2, 0.25) is 11.8 Å². The molecule has 4 N–H and O–H groups in total. The SMILES string of the molecule is Cc1ccc(CCCC(=O)NCCCC[C@H](N)C(=O)NCCCCCCOc2cc(/C=C/c3cccc(-c4ccccc4)c3C)c(C(F)(F)F)cc2CN2CCCC[C@H]2C(=O)OCC(C)C)cc1. The number of ether oxygens (including phenoxy) is 2. The number of nitrogens with zero attached hydrogens (tertiary/aromatic N) is 1. The maximum Gasteiger partial charge on any atom is 0.417 e. The number of nitrogens with two attached hydrogens (primary N) is 1. The van der Waals surface area contributed by atoms with Crippen LogP contribution < -0.4 is 21.1 Å². The molecule has 0 spiro atoms. The quantitative estimate of drug-likeness (QED) is 0.0325. The fourth-order valence-electron chi connectivity index (χ4n) is 8.49. The zero-order chi connectivity index (χ0) is 48.9. The molecule has 1 saturated heterocycles. The molecule has 12 heteroatoms. The number of unbranched alkanes of at least 4 members (excludes halogenated alkanes) is 4. The van der Waals surface area contributed by atoms with Crippen molar-refractivity contribution in [1.82, 2.24) is 15.5 Å². The average molecular weight is 939 g/mol. The predicted molar refractivity (Wildman–Crippen MR) is 267 cm³/mol. The highest BCUT2D eigenvalue weighted by Gasteiger charge is 2.36. The molecule has 4 aromatic carbocycles. The molecule has 0 radical (unpaired) electrons. The predicted octanol–water partition coefficient (Wildman–Crippen LogP) is 11.4. The van der Waals surface area contributed by atoms with Gasteiger partial charge in [-0.25, -0.2) is 0 Å². The number of hydrogen-bond acceptors (Lipinski definition) is 7. The summed E-state index contributed by atoms with van der Waals surface area (Å²) in [6.07, 6.45) is 7.95. The summed E-state index contributed by atoms with van der Waals surface area (Å²) in [5, 5.41) is 5.89. The lowest BCUT2D eigenvalue weighted by atomic mass is 9.95. The first-order valence-corrected chi connectivity index (χ1v) is 24.7. The highest BCUT2D eigenvalue weighted by atomic mass is 19.4. The van der Waals surface area contributed by atoms with E-state index in [1.54, 1.807) is 6.08 Å². The van der Waals surface area contributed by atoms with Crippen LogP contribution in [0.25, 0.3) is 23.3 Å². The number of aryl methyl sites for hydroxylation is 2. The van der Waals surface area contributed by atoms with Crippen LogP contribution in [0.15, 0.2) is 84.9 Å². The lowest BCUT2D eigenvalue weighted by Crippen LogP contribution is -2.45. The van der Waals surface area contributed by atoms with Crippen LogP contribution >= 0.6 is 0 Å². The van der Waals surface area contributed by atoms with Gasteiger partial charge >= 0.3 is 12.1 Å². The van der Waals surface area contributed by atoms with Crippen molar-refractivity contribution < 1.29 is 37.0 Å². The molecule has 68 heavy (non-hydrogen) atoms. The number of carbonyl (C=O) groups excluding carboxylic acids is 3. The van der Waals surface area contributed by atoms with Gasteiger partial charge in [0, 0.05) is 31.6 Å². The molecular formula is C56H73F3N4O5. The third kappa shape index (κ3) is 17.6. The number of rotatable bonds is 26. The van der Waals surface area contributed by atoms with E-state index in [0.29, 0.717) is 56.6 Å². The van der Waals surface area contributed by atoms with E-state index < -0.39 is 23.8 Å². The number of nitrogens with one attached hydrogen (secondary N) is 2. The van der Waals surface area contributed by atoms with Crippen molar-refractivity contribution in [1.29, 1.82) is 0 Å². The Bertz CT molecular complexity index is 2230. The molecule has 1 aliphatic rings. The van der Waals surface area contributed by atoms with E-state index in [1.807, 2.05) is 74.2 Å². The van der Waals surface area contributed by atoms with Crippen LogP contribution in [0.4, 0.5) is 13.2 Å². The second-order valence-electron chi connectivity index (χ2n) is 18.6. The van der Waals surface area contributed by atoms with Crippen LogP contribution in [0.2, 0.25) is 0 Å². The second-order valence-corrected chi connectivity index (χ2v) is 18.6. The van der Waals surface area contributed by atoms with Crippen LogP contribution in [0.5, 0.6) is 5.75 Å². The topological polar surface area (TPSA) is 123 Å². The minimum atomic E-state index is -4.65. The summed E-state index contributed by atoms with van der Waals surface area (Å²) in [6, 6.07) is 25.6. The largest absolute Gasteiger partial charge is 0.493 e. The normalized spacial score (nSPS) is 14.8. The number of esters is 1. The molecule has 1 fully saturated rings. The van der Waals surface area contributed by atoms with E-state index in [9.17, 15) is 27.6 Å². The van der Waals surface area contributed by atoms with Gasteiger partial charge in [-0.05, 0) is 130 Å². The van der Waals surface area contributed by atoms with Crippen molar-refractivity contribution in [2.75, 3.05) is 32.8 Å². The first-order valence-electron chi connectivity index (χ1n) is 24.7. The molecule has 4 aromatic rings. The maximum atomic E-state index is 14.9. The lowest BCUT2D eigenvalue weighted by molar-refractivity contribution is -0.153. The van der Waals surface area contributed by atoms with Gasteiger partial charge in [-0.1, -0.05) is 124 Å². The fourth-order valence-corrected chi connectivity index (χ4v) is 8.49. The van der Waals surface area contributed by atoms with Crippen LogP contribution in [0.3, 0.4) is 0 Å². The summed E-state index contributed by atoms with van der Waals surface area (Å²) in [5.74, 6) is 0.00161. The molecular weight excluding hydrogens is 866 g/mol. The summed E-state index contributed by atoms with van der Waals surface area (Å²) in [5.41, 5.74) is 12.0. The zero-order valence-corrected chi connectivity index (χ0v) is 40.6. The Morgan fingerprint density at radius 3 is 2.29 bits per heavy atom. The summed E-state index contributed by atoms with van der Waals surface area (Å²) in [4.78, 5) is 40.1. The Labute approximate surface area is 402 Å². The number of likely N-dealkylation sites (tertiary alicyclic amines) is 1. The Morgan fingerprint density at radius 2 is 1.54 bits per heavy atom. The number of carbonyl (C=O) groups is 3. The Balaban J connectivity index is 1.13. The highest BCUT2D eigenvalue weighted by Crippen LogP contribution is 2.39. The Hall–Kier alpha value is -5.46. The second kappa shape index (κ2) is 27.5. The summed E-state index contributed by atoms with van der Waals surface area (Å²) < 4.78 is 56.8. The molecule has 0 unspecified atom stereocenters. The van der Waals surface area contributed by atoms with Crippen molar-refractivity contribution in [2.24, 2.45) is 11.7 Å². The van der Waals surface area contributed by atoms with Gasteiger partial charge in [0.05, 0.1) is 24.8 Å². The van der Waals surface area contributed by atoms with Crippen molar-refractivity contribution in [3.05, 3.63) is 124 Å². The third-order valence-corrected chi connectivity index (χ3v) is 12.5. The van der Waals surface area contributed by atoms with E-state index in [0.717, 1.165) is 80.0 Å². The van der Waals surface area contributed by atoms with E-state index in [1.165, 1.54) is 29.3 Å². The van der Waals surface area contributed by atoms with Gasteiger partial charge in [-0.3, -0.25) is 19.3 Å².